The van der Waals surface area contributed by atoms with Crippen LogP contribution in [0.3, 0.4) is 0 Å². The molecule has 0 bridgehead atoms. The van der Waals surface area contributed by atoms with E-state index in [9.17, 15) is 9.59 Å². The first-order valence-corrected chi connectivity index (χ1v) is 9.06. The standard InChI is InChI=1S/C19H19N3O3S/c1-10-15(12(3)23)11(2)20-16(10)17(24)13(4)26-19-22-21-18(25-19)14-8-6-5-7-9-14/h5-9,13,20H,1-4H3/t13-/m1/s1. The first-order valence-electron chi connectivity index (χ1n) is 8.18. The molecule has 0 aliphatic rings. The summed E-state index contributed by atoms with van der Waals surface area (Å²) in [7, 11) is 0. The van der Waals surface area contributed by atoms with Gasteiger partial charge in [-0.3, -0.25) is 9.59 Å². The number of aromatic amines is 1. The number of hydrogen-bond acceptors (Lipinski definition) is 6. The van der Waals surface area contributed by atoms with Crippen LogP contribution in [-0.4, -0.2) is 32.0 Å². The number of carbonyl (C=O) groups is 2. The molecule has 26 heavy (non-hydrogen) atoms. The zero-order chi connectivity index (χ0) is 18.8. The van der Waals surface area contributed by atoms with Crippen LogP contribution in [0.1, 0.15) is 46.0 Å². The fourth-order valence-corrected chi connectivity index (χ4v) is 3.63. The zero-order valence-electron chi connectivity index (χ0n) is 15.0. The third-order valence-corrected chi connectivity index (χ3v) is 5.04. The summed E-state index contributed by atoms with van der Waals surface area (Å²) in [6, 6.07) is 9.45. The minimum atomic E-state index is -0.435. The normalized spacial score (nSPS) is 12.2. The van der Waals surface area contributed by atoms with E-state index in [4.69, 9.17) is 4.42 Å². The molecule has 1 atom stereocenters. The number of Topliss-reactive ketones (excluding diaryl/α,β-unsaturated/α-hetero) is 2. The van der Waals surface area contributed by atoms with Gasteiger partial charge in [0, 0.05) is 16.8 Å². The molecule has 0 aliphatic heterocycles. The molecule has 0 fully saturated rings. The molecule has 3 rings (SSSR count). The van der Waals surface area contributed by atoms with Gasteiger partial charge in [-0.2, -0.15) is 0 Å². The van der Waals surface area contributed by atoms with E-state index in [0.29, 0.717) is 33.6 Å². The molecule has 0 saturated carbocycles. The number of hydrogen-bond donors (Lipinski definition) is 1. The van der Waals surface area contributed by atoms with Crippen LogP contribution in [0.25, 0.3) is 11.5 Å². The quantitative estimate of drug-likeness (QED) is 0.516. The van der Waals surface area contributed by atoms with E-state index in [1.54, 1.807) is 20.8 Å². The Morgan fingerprint density at radius 3 is 2.46 bits per heavy atom. The molecule has 134 valence electrons. The Labute approximate surface area is 155 Å². The number of thioether (sulfide) groups is 1. The Hall–Kier alpha value is -2.67. The molecule has 2 heterocycles. The second-order valence-electron chi connectivity index (χ2n) is 6.04. The maximum atomic E-state index is 12.8. The van der Waals surface area contributed by atoms with Crippen LogP contribution in [-0.2, 0) is 0 Å². The van der Waals surface area contributed by atoms with Crippen LogP contribution in [0.15, 0.2) is 40.0 Å². The largest absolute Gasteiger partial charge is 0.411 e. The number of benzene rings is 1. The Bertz CT molecular complexity index is 960. The van der Waals surface area contributed by atoms with Crippen molar-refractivity contribution in [3.8, 4) is 11.5 Å². The molecule has 0 spiro atoms. The summed E-state index contributed by atoms with van der Waals surface area (Å²) in [5.41, 5.74) is 3.25. The lowest BCUT2D eigenvalue weighted by Gasteiger charge is -2.07. The second kappa shape index (κ2) is 7.29. The topological polar surface area (TPSA) is 88.9 Å². The van der Waals surface area contributed by atoms with Crippen LogP contribution >= 0.6 is 11.8 Å². The van der Waals surface area contributed by atoms with E-state index in [0.717, 1.165) is 5.56 Å². The smallest absolute Gasteiger partial charge is 0.277 e. The molecule has 0 aliphatic carbocycles. The van der Waals surface area contributed by atoms with Gasteiger partial charge >= 0.3 is 0 Å². The Balaban J connectivity index is 1.78. The van der Waals surface area contributed by atoms with Crippen LogP contribution in [0.5, 0.6) is 0 Å². The van der Waals surface area contributed by atoms with Crippen LogP contribution < -0.4 is 0 Å². The maximum Gasteiger partial charge on any atom is 0.277 e. The number of nitrogens with zero attached hydrogens (tertiary/aromatic N) is 2. The van der Waals surface area contributed by atoms with Gasteiger partial charge in [-0.25, -0.2) is 0 Å². The number of H-pyrrole nitrogens is 1. The molecule has 0 unspecified atom stereocenters. The van der Waals surface area contributed by atoms with Crippen molar-refractivity contribution in [3.05, 3.63) is 52.8 Å². The van der Waals surface area contributed by atoms with Crippen molar-refractivity contribution in [2.75, 3.05) is 0 Å². The lowest BCUT2D eigenvalue weighted by Crippen LogP contribution is -2.15. The molecule has 2 aromatic heterocycles. The average molecular weight is 369 g/mol. The summed E-state index contributed by atoms with van der Waals surface area (Å²) < 4.78 is 5.65. The number of ketones is 2. The third-order valence-electron chi connectivity index (χ3n) is 4.11. The zero-order valence-corrected chi connectivity index (χ0v) is 15.8. The predicted octanol–water partition coefficient (Wildman–Crippen LogP) is 4.25. The summed E-state index contributed by atoms with van der Waals surface area (Å²) in [4.78, 5) is 27.6. The van der Waals surface area contributed by atoms with Crippen molar-refractivity contribution in [1.29, 1.82) is 0 Å². The van der Waals surface area contributed by atoms with Crippen molar-refractivity contribution in [3.63, 3.8) is 0 Å². The highest BCUT2D eigenvalue weighted by molar-refractivity contribution is 8.00. The monoisotopic (exact) mass is 369 g/mol. The fraction of sp³-hybridized carbons (Fsp3) is 0.263. The summed E-state index contributed by atoms with van der Waals surface area (Å²) in [6.45, 7) is 6.86. The fourth-order valence-electron chi connectivity index (χ4n) is 2.89. The summed E-state index contributed by atoms with van der Waals surface area (Å²) in [6.07, 6.45) is 0. The van der Waals surface area contributed by atoms with Gasteiger partial charge in [0.15, 0.2) is 11.6 Å². The van der Waals surface area contributed by atoms with E-state index >= 15 is 0 Å². The molecule has 6 nitrogen and oxygen atoms in total. The Morgan fingerprint density at radius 2 is 1.85 bits per heavy atom. The van der Waals surface area contributed by atoms with Crippen LogP contribution in [0.4, 0.5) is 0 Å². The van der Waals surface area contributed by atoms with Gasteiger partial charge in [0.05, 0.1) is 10.9 Å². The molecular weight excluding hydrogens is 350 g/mol. The van der Waals surface area contributed by atoms with Crippen LogP contribution in [0, 0.1) is 13.8 Å². The average Bonchev–Trinajstić information content (AvgIpc) is 3.19. The van der Waals surface area contributed by atoms with Crippen molar-refractivity contribution in [1.82, 2.24) is 15.2 Å². The van der Waals surface area contributed by atoms with Crippen LogP contribution in [0.2, 0.25) is 0 Å². The molecule has 1 N–H and O–H groups in total. The SMILES string of the molecule is CC(=O)c1c(C)[nH]c(C(=O)[C@@H](C)Sc2nnc(-c3ccccc3)o2)c1C. The highest BCUT2D eigenvalue weighted by Gasteiger charge is 2.25. The Morgan fingerprint density at radius 1 is 1.15 bits per heavy atom. The first kappa shape index (κ1) is 18.1. The van der Waals surface area contributed by atoms with Gasteiger partial charge in [-0.05, 0) is 45.4 Å². The van der Waals surface area contributed by atoms with Gasteiger partial charge in [0.1, 0.15) is 0 Å². The predicted molar refractivity (Wildman–Crippen MR) is 99.7 cm³/mol. The van der Waals surface area contributed by atoms with Gasteiger partial charge < -0.3 is 9.40 Å². The van der Waals surface area contributed by atoms with Crippen molar-refractivity contribution in [2.24, 2.45) is 0 Å². The van der Waals surface area contributed by atoms with Crippen molar-refractivity contribution in [2.45, 2.75) is 38.2 Å². The second-order valence-corrected chi connectivity index (χ2v) is 7.34. The highest BCUT2D eigenvalue weighted by atomic mass is 32.2. The summed E-state index contributed by atoms with van der Waals surface area (Å²) in [5, 5.41) is 7.94. The third kappa shape index (κ3) is 3.48. The number of aryl methyl sites for hydroxylation is 1. The highest BCUT2D eigenvalue weighted by Crippen LogP contribution is 2.29. The first-order chi connectivity index (χ1) is 12.4. The number of aromatic nitrogens is 3. The lowest BCUT2D eigenvalue weighted by atomic mass is 10.0. The van der Waals surface area contributed by atoms with E-state index in [2.05, 4.69) is 15.2 Å². The van der Waals surface area contributed by atoms with E-state index in [-0.39, 0.29) is 11.6 Å². The molecule has 7 heteroatoms. The number of carbonyl (C=O) groups excluding carboxylic acids is 2. The summed E-state index contributed by atoms with van der Waals surface area (Å²) in [5.74, 6) is 0.251. The molecule has 0 amide bonds. The molecule has 0 saturated heterocycles. The number of rotatable bonds is 6. The molecular formula is C19H19N3O3S. The van der Waals surface area contributed by atoms with Gasteiger partial charge in [-0.1, -0.05) is 30.0 Å². The minimum Gasteiger partial charge on any atom is -0.411 e. The minimum absolute atomic E-state index is 0.0555. The summed E-state index contributed by atoms with van der Waals surface area (Å²) >= 11 is 1.20. The molecule has 3 aromatic rings. The van der Waals surface area contributed by atoms with E-state index < -0.39 is 5.25 Å². The van der Waals surface area contributed by atoms with Gasteiger partial charge in [0.2, 0.25) is 5.89 Å². The lowest BCUT2D eigenvalue weighted by molar-refractivity contribution is 0.0988. The number of nitrogens with one attached hydrogen (secondary N) is 1. The van der Waals surface area contributed by atoms with Gasteiger partial charge in [-0.15, -0.1) is 10.2 Å². The Kier molecular flexibility index (Phi) is 5.08. The van der Waals surface area contributed by atoms with Gasteiger partial charge in [0.25, 0.3) is 5.22 Å². The maximum absolute atomic E-state index is 12.8. The molecule has 0 radical (unpaired) electrons. The van der Waals surface area contributed by atoms with Crippen molar-refractivity contribution >= 4 is 23.3 Å². The van der Waals surface area contributed by atoms with Crippen molar-refractivity contribution < 1.29 is 14.0 Å². The molecule has 1 aromatic carbocycles. The van der Waals surface area contributed by atoms with E-state index in [1.807, 2.05) is 30.3 Å². The van der Waals surface area contributed by atoms with E-state index in [1.165, 1.54) is 18.7 Å².